The van der Waals surface area contributed by atoms with Gasteiger partial charge in [-0.15, -0.1) is 0 Å². The number of pyridine rings is 2. The van der Waals surface area contributed by atoms with Gasteiger partial charge >= 0.3 is 0 Å². The molecule has 51 heavy (non-hydrogen) atoms. The van der Waals surface area contributed by atoms with E-state index in [9.17, 15) is 49.2 Å². The Morgan fingerprint density at radius 3 is 1.41 bits per heavy atom. The highest BCUT2D eigenvalue weighted by molar-refractivity contribution is 6.03. The van der Waals surface area contributed by atoms with Crippen molar-refractivity contribution in [3.8, 4) is 23.0 Å². The molecule has 19 nitrogen and oxygen atoms in total. The molecule has 19 heteroatoms. The molecular formula is C32H42N8O11. The SMILES string of the molecule is Cn1ccc(C(=O)NCCNCCN(CCNCCNC(=O)c2ccn(C)c(=O)c2O)C(=O)c2ccc(C(=O)NCCO)c(O)c2O)c(O)c1=O. The molecule has 1 aromatic carbocycles. The van der Waals surface area contributed by atoms with Crippen LogP contribution in [0, 0.1) is 0 Å². The Labute approximate surface area is 291 Å². The highest BCUT2D eigenvalue weighted by Gasteiger charge is 2.24. The van der Waals surface area contributed by atoms with Crippen LogP contribution >= 0.6 is 0 Å². The van der Waals surface area contributed by atoms with Crippen molar-refractivity contribution in [3.05, 3.63) is 79.6 Å². The smallest absolute Gasteiger partial charge is 0.293 e. The van der Waals surface area contributed by atoms with Gasteiger partial charge in [-0.05, 0) is 24.3 Å². The first-order valence-electron chi connectivity index (χ1n) is 15.8. The van der Waals surface area contributed by atoms with Gasteiger partial charge in [-0.1, -0.05) is 0 Å². The number of hydrogen-bond donors (Lipinski definition) is 10. The number of nitrogens with one attached hydrogen (secondary N) is 5. The Morgan fingerprint density at radius 2 is 0.961 bits per heavy atom. The number of amides is 4. The van der Waals surface area contributed by atoms with E-state index in [2.05, 4.69) is 26.6 Å². The monoisotopic (exact) mass is 714 g/mol. The van der Waals surface area contributed by atoms with Crippen LogP contribution in [0.5, 0.6) is 23.0 Å². The number of aliphatic hydroxyl groups is 1. The second-order valence-electron chi connectivity index (χ2n) is 11.1. The number of hydrogen-bond acceptors (Lipinski definition) is 13. The van der Waals surface area contributed by atoms with Gasteiger partial charge in [0.15, 0.2) is 23.0 Å². The summed E-state index contributed by atoms with van der Waals surface area (Å²) in [6, 6.07) is 4.96. The quantitative estimate of drug-likeness (QED) is 0.0469. The number of carbonyl (C=O) groups is 4. The molecule has 10 N–H and O–H groups in total. The second kappa shape index (κ2) is 18.7. The van der Waals surface area contributed by atoms with Crippen molar-refractivity contribution < 1.29 is 44.7 Å². The van der Waals surface area contributed by atoms with Crippen LogP contribution in [0.2, 0.25) is 0 Å². The summed E-state index contributed by atoms with van der Waals surface area (Å²) in [5.41, 5.74) is -2.37. The maximum absolute atomic E-state index is 13.5. The van der Waals surface area contributed by atoms with Gasteiger partial charge in [-0.2, -0.15) is 0 Å². The molecule has 0 radical (unpaired) electrons. The van der Waals surface area contributed by atoms with Gasteiger partial charge in [0.2, 0.25) is 0 Å². The highest BCUT2D eigenvalue weighted by Crippen LogP contribution is 2.33. The van der Waals surface area contributed by atoms with Crippen molar-refractivity contribution in [1.29, 1.82) is 0 Å². The lowest BCUT2D eigenvalue weighted by atomic mass is 10.1. The number of aryl methyl sites for hydroxylation is 2. The minimum atomic E-state index is -0.816. The van der Waals surface area contributed by atoms with Crippen LogP contribution in [0.4, 0.5) is 0 Å². The zero-order valence-electron chi connectivity index (χ0n) is 28.1. The van der Waals surface area contributed by atoms with Gasteiger partial charge in [0, 0.05) is 85.4 Å². The van der Waals surface area contributed by atoms with Crippen LogP contribution in [0.3, 0.4) is 0 Å². The molecule has 3 rings (SSSR count). The molecule has 3 aromatic rings. The topological polar surface area (TPSA) is 277 Å². The van der Waals surface area contributed by atoms with E-state index >= 15 is 0 Å². The zero-order chi connectivity index (χ0) is 37.7. The molecule has 2 aromatic heterocycles. The van der Waals surface area contributed by atoms with E-state index < -0.39 is 57.7 Å². The number of aromatic nitrogens is 2. The number of rotatable bonds is 18. The van der Waals surface area contributed by atoms with E-state index in [1.165, 1.54) is 49.6 Å². The van der Waals surface area contributed by atoms with Crippen molar-refractivity contribution >= 4 is 23.6 Å². The molecule has 0 aliphatic rings. The molecule has 4 amide bonds. The van der Waals surface area contributed by atoms with E-state index in [-0.39, 0.29) is 87.8 Å². The largest absolute Gasteiger partial charge is 0.504 e. The second-order valence-corrected chi connectivity index (χ2v) is 11.1. The van der Waals surface area contributed by atoms with Crippen molar-refractivity contribution in [1.82, 2.24) is 40.6 Å². The van der Waals surface area contributed by atoms with Gasteiger partial charge in [-0.3, -0.25) is 28.8 Å². The molecule has 0 atom stereocenters. The van der Waals surface area contributed by atoms with Gasteiger partial charge in [0.1, 0.15) is 0 Å². The average molecular weight is 715 g/mol. The van der Waals surface area contributed by atoms with Gasteiger partial charge in [-0.25, -0.2) is 0 Å². The Balaban J connectivity index is 1.59. The Kier molecular flexibility index (Phi) is 14.5. The molecular weight excluding hydrogens is 672 g/mol. The molecule has 0 unspecified atom stereocenters. The standard InChI is InChI=1S/C32H42N8O11/c1-38-14-5-20(25(44)31(38)50)28(47)35-9-7-33-11-16-40(30(49)22-4-3-19(23(42)24(22)43)27(46)37-13-18-41)17-12-34-8-10-36-29(48)21-6-15-39(2)32(51)26(21)45/h3-6,14-15,33-34,41-45H,7-13,16-18H2,1-2H3,(H,35,47)(H,36,48)(H,37,46). The summed E-state index contributed by atoms with van der Waals surface area (Å²) >= 11 is 0. The fourth-order valence-corrected chi connectivity index (χ4v) is 4.68. The van der Waals surface area contributed by atoms with E-state index in [1.54, 1.807) is 0 Å². The molecule has 0 aliphatic heterocycles. The number of carbonyl (C=O) groups excluding carboxylic acids is 4. The Morgan fingerprint density at radius 1 is 0.569 bits per heavy atom. The third-order valence-electron chi connectivity index (χ3n) is 7.58. The molecule has 2 heterocycles. The van der Waals surface area contributed by atoms with E-state index in [0.29, 0.717) is 0 Å². The fourth-order valence-electron chi connectivity index (χ4n) is 4.68. The van der Waals surface area contributed by atoms with Crippen LogP contribution in [0.1, 0.15) is 41.4 Å². The average Bonchev–Trinajstić information content (AvgIpc) is 3.11. The summed E-state index contributed by atoms with van der Waals surface area (Å²) in [6.07, 6.45) is 2.70. The first-order valence-corrected chi connectivity index (χ1v) is 15.8. The first kappa shape index (κ1) is 39.5. The normalized spacial score (nSPS) is 10.8. The van der Waals surface area contributed by atoms with Crippen LogP contribution < -0.4 is 37.7 Å². The summed E-state index contributed by atoms with van der Waals surface area (Å²) < 4.78 is 2.26. The summed E-state index contributed by atoms with van der Waals surface area (Å²) in [4.78, 5) is 75.7. The van der Waals surface area contributed by atoms with Crippen LogP contribution in [0.25, 0.3) is 0 Å². The number of aliphatic hydroxyl groups excluding tert-OH is 1. The number of benzene rings is 1. The minimum Gasteiger partial charge on any atom is -0.504 e. The molecule has 276 valence electrons. The first-order chi connectivity index (χ1) is 24.3. The molecule has 0 saturated carbocycles. The van der Waals surface area contributed by atoms with Crippen LogP contribution in [0.15, 0.2) is 46.2 Å². The Bertz CT molecular complexity index is 1770. The number of phenolic OH excluding ortho intramolecular Hbond substituents is 2. The molecule has 0 fully saturated rings. The summed E-state index contributed by atoms with van der Waals surface area (Å²) in [5.74, 6) is -5.74. The Hall–Kier alpha value is -5.92. The maximum Gasteiger partial charge on any atom is 0.293 e. The van der Waals surface area contributed by atoms with Gasteiger partial charge in [0.25, 0.3) is 34.7 Å². The van der Waals surface area contributed by atoms with Crippen molar-refractivity contribution in [3.63, 3.8) is 0 Å². The maximum atomic E-state index is 13.5. The van der Waals surface area contributed by atoms with Gasteiger partial charge in [0.05, 0.1) is 28.9 Å². The lowest BCUT2D eigenvalue weighted by molar-refractivity contribution is 0.0753. The molecule has 0 spiro atoms. The number of nitrogens with zero attached hydrogens (tertiary/aromatic N) is 3. The number of aromatic hydroxyl groups is 4. The predicted molar refractivity (Wildman–Crippen MR) is 182 cm³/mol. The van der Waals surface area contributed by atoms with Crippen molar-refractivity contribution in [2.75, 3.05) is 65.5 Å². The van der Waals surface area contributed by atoms with E-state index in [4.69, 9.17) is 5.11 Å². The third-order valence-corrected chi connectivity index (χ3v) is 7.58. The molecule has 0 bridgehead atoms. The van der Waals surface area contributed by atoms with Crippen molar-refractivity contribution in [2.45, 2.75) is 0 Å². The van der Waals surface area contributed by atoms with Crippen LogP contribution in [-0.4, -0.2) is 129 Å². The zero-order valence-corrected chi connectivity index (χ0v) is 28.1. The summed E-state index contributed by atoms with van der Waals surface area (Å²) in [5, 5.41) is 63.6. The lowest BCUT2D eigenvalue weighted by Crippen LogP contribution is -2.43. The van der Waals surface area contributed by atoms with Gasteiger partial charge < -0.3 is 66.2 Å². The fraction of sp³-hybridized carbons (Fsp3) is 0.375. The molecule has 0 saturated heterocycles. The lowest BCUT2D eigenvalue weighted by Gasteiger charge is -2.24. The van der Waals surface area contributed by atoms with E-state index in [1.807, 2.05) is 0 Å². The summed E-state index contributed by atoms with van der Waals surface area (Å²) in [7, 11) is 2.86. The summed E-state index contributed by atoms with van der Waals surface area (Å²) in [6.45, 7) is 0.853. The van der Waals surface area contributed by atoms with Crippen LogP contribution in [-0.2, 0) is 14.1 Å². The highest BCUT2D eigenvalue weighted by atomic mass is 16.3. The third kappa shape index (κ3) is 10.3. The van der Waals surface area contributed by atoms with Crippen molar-refractivity contribution in [2.24, 2.45) is 14.1 Å². The minimum absolute atomic E-state index is 0.0852. The molecule has 0 aliphatic carbocycles. The number of phenols is 2. The predicted octanol–water partition coefficient (Wildman–Crippen LogP) is -2.89. The van der Waals surface area contributed by atoms with E-state index in [0.717, 1.165) is 15.2 Å².